The largest absolute Gasteiger partial charge is 0.385 e. The van der Waals surface area contributed by atoms with Gasteiger partial charge in [-0.25, -0.2) is 0 Å². The predicted molar refractivity (Wildman–Crippen MR) is 58.7 cm³/mol. The average molecular weight is 206 g/mol. The third-order valence-electron chi connectivity index (χ3n) is 2.55. The molecule has 0 rings (SSSR count). The summed E-state index contributed by atoms with van der Waals surface area (Å²) in [5.41, 5.74) is -0.0999. The minimum Gasteiger partial charge on any atom is -0.385 e. The highest BCUT2D eigenvalue weighted by Crippen LogP contribution is 2.27. The van der Waals surface area contributed by atoms with Gasteiger partial charge in [0, 0.05) is 12.8 Å². The molecule has 1 N–H and O–H groups in total. The SMILES string of the molecule is CC/C=C(\C)C(O)(CCC#N)CCC#N. The Hall–Kier alpha value is -1.32. The van der Waals surface area contributed by atoms with Crippen LogP contribution in [-0.4, -0.2) is 10.7 Å². The molecule has 0 radical (unpaired) electrons. The molecule has 0 aromatic rings. The molecule has 0 heterocycles. The molecule has 0 spiro atoms. The lowest BCUT2D eigenvalue weighted by Crippen LogP contribution is -2.30. The van der Waals surface area contributed by atoms with Gasteiger partial charge < -0.3 is 5.11 Å². The fourth-order valence-electron chi connectivity index (χ4n) is 1.54. The maximum atomic E-state index is 10.3. The molecular formula is C12H18N2O. The lowest BCUT2D eigenvalue weighted by Gasteiger charge is -2.27. The summed E-state index contributed by atoms with van der Waals surface area (Å²) in [7, 11) is 0. The van der Waals surface area contributed by atoms with Crippen LogP contribution in [-0.2, 0) is 0 Å². The maximum Gasteiger partial charge on any atom is 0.0873 e. The van der Waals surface area contributed by atoms with Gasteiger partial charge in [0.15, 0.2) is 0 Å². The Bertz CT molecular complexity index is 276. The highest BCUT2D eigenvalue weighted by atomic mass is 16.3. The number of hydrogen-bond acceptors (Lipinski definition) is 3. The van der Waals surface area contributed by atoms with Crippen molar-refractivity contribution in [1.29, 1.82) is 10.5 Å². The normalized spacial score (nSPS) is 11.9. The van der Waals surface area contributed by atoms with Gasteiger partial charge in [-0.2, -0.15) is 10.5 Å². The van der Waals surface area contributed by atoms with Crippen LogP contribution in [0.15, 0.2) is 11.6 Å². The molecule has 0 aliphatic rings. The number of allylic oxidation sites excluding steroid dienone is 1. The zero-order valence-electron chi connectivity index (χ0n) is 9.45. The number of hydrogen-bond donors (Lipinski definition) is 1. The molecule has 0 saturated heterocycles. The first-order valence-corrected chi connectivity index (χ1v) is 5.24. The van der Waals surface area contributed by atoms with Crippen LogP contribution in [0.1, 0.15) is 46.0 Å². The Morgan fingerprint density at radius 1 is 1.27 bits per heavy atom. The van der Waals surface area contributed by atoms with Crippen molar-refractivity contribution in [3.63, 3.8) is 0 Å². The van der Waals surface area contributed by atoms with Crippen molar-refractivity contribution in [1.82, 2.24) is 0 Å². The summed E-state index contributed by atoms with van der Waals surface area (Å²) in [5, 5.41) is 27.3. The van der Waals surface area contributed by atoms with E-state index in [2.05, 4.69) is 0 Å². The smallest absolute Gasteiger partial charge is 0.0873 e. The Morgan fingerprint density at radius 3 is 2.07 bits per heavy atom. The monoisotopic (exact) mass is 206 g/mol. The quantitative estimate of drug-likeness (QED) is 0.679. The van der Waals surface area contributed by atoms with E-state index < -0.39 is 5.60 Å². The van der Waals surface area contributed by atoms with Crippen LogP contribution in [0.5, 0.6) is 0 Å². The topological polar surface area (TPSA) is 67.8 Å². The Balaban J connectivity index is 4.62. The van der Waals surface area contributed by atoms with Crippen LogP contribution in [0.4, 0.5) is 0 Å². The van der Waals surface area contributed by atoms with E-state index in [1.165, 1.54) is 0 Å². The molecule has 0 atom stereocenters. The molecule has 0 saturated carbocycles. The molecule has 0 unspecified atom stereocenters. The van der Waals surface area contributed by atoms with E-state index in [1.807, 2.05) is 32.1 Å². The first-order chi connectivity index (χ1) is 7.10. The summed E-state index contributed by atoms with van der Waals surface area (Å²) in [4.78, 5) is 0. The molecule has 0 aliphatic carbocycles. The standard InChI is InChI=1S/C12H18N2O/c1-3-6-11(2)12(15,7-4-9-13)8-5-10-14/h6,15H,3-5,7-8H2,1-2H3/b11-6+. The molecule has 15 heavy (non-hydrogen) atoms. The van der Waals surface area contributed by atoms with Crippen molar-refractivity contribution in [3.05, 3.63) is 11.6 Å². The van der Waals surface area contributed by atoms with E-state index in [0.717, 1.165) is 12.0 Å². The third kappa shape index (κ3) is 4.63. The van der Waals surface area contributed by atoms with Crippen molar-refractivity contribution in [2.24, 2.45) is 0 Å². The number of rotatable bonds is 6. The fraction of sp³-hybridized carbons (Fsp3) is 0.667. The van der Waals surface area contributed by atoms with Gasteiger partial charge >= 0.3 is 0 Å². The minimum absolute atomic E-state index is 0.316. The van der Waals surface area contributed by atoms with Crippen molar-refractivity contribution >= 4 is 0 Å². The number of aliphatic hydroxyl groups is 1. The zero-order valence-corrected chi connectivity index (χ0v) is 9.45. The van der Waals surface area contributed by atoms with E-state index in [1.54, 1.807) is 0 Å². The lowest BCUT2D eigenvalue weighted by atomic mass is 9.85. The lowest BCUT2D eigenvalue weighted by molar-refractivity contribution is 0.0624. The molecule has 3 heteroatoms. The van der Waals surface area contributed by atoms with Crippen LogP contribution in [0, 0.1) is 22.7 Å². The second kappa shape index (κ2) is 7.04. The molecule has 0 aliphatic heterocycles. The Labute approximate surface area is 91.6 Å². The minimum atomic E-state index is -0.971. The highest BCUT2D eigenvalue weighted by Gasteiger charge is 2.27. The molecule has 0 aromatic heterocycles. The maximum absolute atomic E-state index is 10.3. The van der Waals surface area contributed by atoms with Crippen molar-refractivity contribution in [3.8, 4) is 12.1 Å². The Kier molecular flexibility index (Phi) is 6.42. The Morgan fingerprint density at radius 2 is 1.73 bits per heavy atom. The summed E-state index contributed by atoms with van der Waals surface area (Å²) < 4.78 is 0. The van der Waals surface area contributed by atoms with Gasteiger partial charge in [-0.1, -0.05) is 13.0 Å². The molecule has 0 amide bonds. The summed E-state index contributed by atoms with van der Waals surface area (Å²) in [6.45, 7) is 3.86. The fourth-order valence-corrected chi connectivity index (χ4v) is 1.54. The van der Waals surface area contributed by atoms with Crippen LogP contribution < -0.4 is 0 Å². The molecule has 0 aromatic carbocycles. The van der Waals surface area contributed by atoms with Gasteiger partial charge in [0.05, 0.1) is 17.7 Å². The second-order valence-corrected chi connectivity index (χ2v) is 3.64. The summed E-state index contributed by atoms with van der Waals surface area (Å²) in [6, 6.07) is 4.05. The predicted octanol–water partition coefficient (Wildman–Crippen LogP) is 2.68. The number of nitriles is 2. The van der Waals surface area contributed by atoms with E-state index in [9.17, 15) is 5.11 Å². The van der Waals surface area contributed by atoms with E-state index in [-0.39, 0.29) is 0 Å². The van der Waals surface area contributed by atoms with Crippen molar-refractivity contribution in [2.75, 3.05) is 0 Å². The zero-order chi connectivity index (χ0) is 11.7. The van der Waals surface area contributed by atoms with Gasteiger partial charge in [-0.05, 0) is 31.8 Å². The molecule has 3 nitrogen and oxygen atoms in total. The average Bonchev–Trinajstić information content (AvgIpc) is 2.24. The van der Waals surface area contributed by atoms with Crippen LogP contribution >= 0.6 is 0 Å². The highest BCUT2D eigenvalue weighted by molar-refractivity contribution is 5.15. The molecule has 0 bridgehead atoms. The first-order valence-electron chi connectivity index (χ1n) is 5.24. The summed E-state index contributed by atoms with van der Waals surface area (Å²) >= 11 is 0. The summed E-state index contributed by atoms with van der Waals surface area (Å²) in [6.07, 6.45) is 4.26. The van der Waals surface area contributed by atoms with Gasteiger partial charge in [-0.3, -0.25) is 0 Å². The molecular weight excluding hydrogens is 188 g/mol. The van der Waals surface area contributed by atoms with E-state index in [4.69, 9.17) is 10.5 Å². The van der Waals surface area contributed by atoms with Gasteiger partial charge in [-0.15, -0.1) is 0 Å². The molecule has 0 fully saturated rings. The van der Waals surface area contributed by atoms with Gasteiger partial charge in [0.2, 0.25) is 0 Å². The summed E-state index contributed by atoms with van der Waals surface area (Å²) in [5.74, 6) is 0. The van der Waals surface area contributed by atoms with Crippen LogP contribution in [0.25, 0.3) is 0 Å². The van der Waals surface area contributed by atoms with Crippen LogP contribution in [0.3, 0.4) is 0 Å². The van der Waals surface area contributed by atoms with Gasteiger partial charge in [0.1, 0.15) is 0 Å². The second-order valence-electron chi connectivity index (χ2n) is 3.64. The van der Waals surface area contributed by atoms with E-state index >= 15 is 0 Å². The van der Waals surface area contributed by atoms with Crippen LogP contribution in [0.2, 0.25) is 0 Å². The molecule has 82 valence electrons. The van der Waals surface area contributed by atoms with E-state index in [0.29, 0.717) is 25.7 Å². The third-order valence-corrected chi connectivity index (χ3v) is 2.55. The first kappa shape index (κ1) is 13.7. The number of nitrogens with zero attached hydrogens (tertiary/aromatic N) is 2. The van der Waals surface area contributed by atoms with Gasteiger partial charge in [0.25, 0.3) is 0 Å². The van der Waals surface area contributed by atoms with Crippen molar-refractivity contribution < 1.29 is 5.11 Å². The van der Waals surface area contributed by atoms with Crippen molar-refractivity contribution in [2.45, 2.75) is 51.6 Å².